The number of rotatable bonds is 3. The SMILES string of the molecule is C[C@H]1COCCN1C(=O)NCc1ccnc(N2CCN(C)CC2)c1. The molecule has 0 aromatic carbocycles. The Morgan fingerprint density at radius 1 is 1.33 bits per heavy atom. The van der Waals surface area contributed by atoms with Gasteiger partial charge >= 0.3 is 6.03 Å². The average Bonchev–Trinajstić information content (AvgIpc) is 2.61. The van der Waals surface area contributed by atoms with Gasteiger partial charge in [-0.05, 0) is 31.7 Å². The number of ether oxygens (including phenoxy) is 1. The van der Waals surface area contributed by atoms with Crippen LogP contribution in [0.4, 0.5) is 10.6 Å². The third-order valence-electron chi connectivity index (χ3n) is 4.71. The minimum atomic E-state index is -0.0243. The van der Waals surface area contributed by atoms with Crippen LogP contribution in [0.25, 0.3) is 0 Å². The number of piperazine rings is 1. The summed E-state index contributed by atoms with van der Waals surface area (Å²) in [5.41, 5.74) is 1.08. The van der Waals surface area contributed by atoms with Crippen molar-refractivity contribution in [3.63, 3.8) is 0 Å². The third kappa shape index (κ3) is 4.15. The minimum Gasteiger partial charge on any atom is -0.377 e. The number of urea groups is 1. The lowest BCUT2D eigenvalue weighted by molar-refractivity contribution is 0.0190. The maximum atomic E-state index is 12.3. The molecule has 0 bridgehead atoms. The van der Waals surface area contributed by atoms with Gasteiger partial charge in [0, 0.05) is 45.5 Å². The van der Waals surface area contributed by atoms with Crippen LogP contribution < -0.4 is 10.2 Å². The standard InChI is InChI=1S/C17H27N5O2/c1-14-13-24-10-9-22(14)17(23)19-12-15-3-4-18-16(11-15)21-7-5-20(2)6-8-21/h3-4,11,14H,5-10,12-13H2,1-2H3,(H,19,23)/t14-/m0/s1. The Bertz CT molecular complexity index is 560. The van der Waals surface area contributed by atoms with Crippen molar-refractivity contribution in [3.8, 4) is 0 Å². The Labute approximate surface area is 143 Å². The molecule has 1 aromatic rings. The van der Waals surface area contributed by atoms with E-state index in [1.807, 2.05) is 24.1 Å². The van der Waals surface area contributed by atoms with E-state index in [-0.39, 0.29) is 12.1 Å². The van der Waals surface area contributed by atoms with E-state index in [0.717, 1.165) is 37.6 Å². The van der Waals surface area contributed by atoms with Crippen molar-refractivity contribution in [1.29, 1.82) is 0 Å². The smallest absolute Gasteiger partial charge is 0.318 e. The fraction of sp³-hybridized carbons (Fsp3) is 0.647. The molecular formula is C17H27N5O2. The average molecular weight is 333 g/mol. The summed E-state index contributed by atoms with van der Waals surface area (Å²) < 4.78 is 5.38. The summed E-state index contributed by atoms with van der Waals surface area (Å²) in [7, 11) is 2.14. The van der Waals surface area contributed by atoms with Crippen LogP contribution in [-0.2, 0) is 11.3 Å². The Kier molecular flexibility index (Phi) is 5.52. The van der Waals surface area contributed by atoms with Crippen LogP contribution >= 0.6 is 0 Å². The lowest BCUT2D eigenvalue weighted by Gasteiger charge is -2.34. The van der Waals surface area contributed by atoms with Crippen LogP contribution in [0, 0.1) is 0 Å². The Morgan fingerprint density at radius 3 is 2.88 bits per heavy atom. The van der Waals surface area contributed by atoms with Gasteiger partial charge in [-0.25, -0.2) is 9.78 Å². The number of morpholine rings is 1. The number of likely N-dealkylation sites (N-methyl/N-ethyl adjacent to an activating group) is 1. The predicted octanol–water partition coefficient (Wildman–Crippen LogP) is 0.764. The number of pyridine rings is 1. The van der Waals surface area contributed by atoms with E-state index in [4.69, 9.17) is 4.74 Å². The molecule has 0 aliphatic carbocycles. The first-order chi connectivity index (χ1) is 11.6. The zero-order chi connectivity index (χ0) is 16.9. The predicted molar refractivity (Wildman–Crippen MR) is 93.2 cm³/mol. The first-order valence-corrected chi connectivity index (χ1v) is 8.64. The lowest BCUT2D eigenvalue weighted by atomic mass is 10.2. The molecule has 7 heteroatoms. The molecule has 3 rings (SSSR count). The van der Waals surface area contributed by atoms with Crippen molar-refractivity contribution in [2.24, 2.45) is 0 Å². The zero-order valence-electron chi connectivity index (χ0n) is 14.6. The summed E-state index contributed by atoms with van der Waals surface area (Å²) in [4.78, 5) is 23.3. The molecule has 1 aromatic heterocycles. The van der Waals surface area contributed by atoms with Crippen LogP contribution in [0.2, 0.25) is 0 Å². The van der Waals surface area contributed by atoms with Gasteiger partial charge in [0.25, 0.3) is 0 Å². The highest BCUT2D eigenvalue weighted by Gasteiger charge is 2.23. The number of hydrogen-bond acceptors (Lipinski definition) is 5. The van der Waals surface area contributed by atoms with Crippen molar-refractivity contribution in [1.82, 2.24) is 20.1 Å². The number of nitrogens with zero attached hydrogens (tertiary/aromatic N) is 4. The molecule has 0 radical (unpaired) electrons. The molecule has 0 spiro atoms. The van der Waals surface area contributed by atoms with Crippen molar-refractivity contribution >= 4 is 11.8 Å². The first kappa shape index (κ1) is 17.0. The second kappa shape index (κ2) is 7.81. The maximum Gasteiger partial charge on any atom is 0.318 e. The van der Waals surface area contributed by atoms with Gasteiger partial charge in [-0.2, -0.15) is 0 Å². The van der Waals surface area contributed by atoms with Gasteiger partial charge in [0.05, 0.1) is 19.3 Å². The molecular weight excluding hydrogens is 306 g/mol. The molecule has 0 unspecified atom stereocenters. The molecule has 3 heterocycles. The van der Waals surface area contributed by atoms with Crippen molar-refractivity contribution < 1.29 is 9.53 Å². The lowest BCUT2D eigenvalue weighted by Crippen LogP contribution is -2.51. The summed E-state index contributed by atoms with van der Waals surface area (Å²) in [6.07, 6.45) is 1.83. The maximum absolute atomic E-state index is 12.3. The Hall–Kier alpha value is -1.86. The van der Waals surface area contributed by atoms with E-state index in [9.17, 15) is 4.79 Å². The van der Waals surface area contributed by atoms with E-state index in [1.165, 1.54) is 0 Å². The summed E-state index contributed by atoms with van der Waals surface area (Å²) in [5, 5.41) is 3.01. The fourth-order valence-electron chi connectivity index (χ4n) is 3.09. The minimum absolute atomic E-state index is 0.0243. The molecule has 2 saturated heterocycles. The van der Waals surface area contributed by atoms with Gasteiger partial charge in [0.2, 0.25) is 0 Å². The van der Waals surface area contributed by atoms with Crippen LogP contribution in [0.15, 0.2) is 18.3 Å². The summed E-state index contributed by atoms with van der Waals surface area (Å²) in [6, 6.07) is 4.14. The molecule has 2 amide bonds. The molecule has 24 heavy (non-hydrogen) atoms. The number of anilines is 1. The number of hydrogen-bond donors (Lipinski definition) is 1. The third-order valence-corrected chi connectivity index (χ3v) is 4.71. The summed E-state index contributed by atoms with van der Waals surface area (Å²) >= 11 is 0. The summed E-state index contributed by atoms with van der Waals surface area (Å²) in [5.74, 6) is 0.995. The van der Waals surface area contributed by atoms with Crippen LogP contribution in [0.5, 0.6) is 0 Å². The Morgan fingerprint density at radius 2 is 2.12 bits per heavy atom. The van der Waals surface area contributed by atoms with Crippen LogP contribution in [0.1, 0.15) is 12.5 Å². The van der Waals surface area contributed by atoms with E-state index < -0.39 is 0 Å². The topological polar surface area (TPSA) is 60.9 Å². The second-order valence-electron chi connectivity index (χ2n) is 6.59. The number of nitrogens with one attached hydrogen (secondary N) is 1. The van der Waals surface area contributed by atoms with E-state index in [2.05, 4.69) is 33.2 Å². The van der Waals surface area contributed by atoms with Gasteiger partial charge in [-0.1, -0.05) is 0 Å². The molecule has 7 nitrogen and oxygen atoms in total. The van der Waals surface area contributed by atoms with Gasteiger partial charge in [0.1, 0.15) is 5.82 Å². The quantitative estimate of drug-likeness (QED) is 0.885. The fourth-order valence-corrected chi connectivity index (χ4v) is 3.09. The normalized spacial score (nSPS) is 22.5. The van der Waals surface area contributed by atoms with Gasteiger partial charge in [-0.15, -0.1) is 0 Å². The molecule has 132 valence electrons. The van der Waals surface area contributed by atoms with Gasteiger partial charge in [0.15, 0.2) is 0 Å². The zero-order valence-corrected chi connectivity index (χ0v) is 14.6. The molecule has 1 N–H and O–H groups in total. The number of carbonyl (C=O) groups is 1. The van der Waals surface area contributed by atoms with Gasteiger partial charge in [-0.3, -0.25) is 0 Å². The number of aromatic nitrogens is 1. The van der Waals surface area contributed by atoms with Crippen LogP contribution in [0.3, 0.4) is 0 Å². The molecule has 2 aliphatic heterocycles. The molecule has 1 atom stereocenters. The van der Waals surface area contributed by atoms with Crippen molar-refractivity contribution in [2.75, 3.05) is 57.9 Å². The summed E-state index contributed by atoms with van der Waals surface area (Å²) in [6.45, 7) is 8.49. The largest absolute Gasteiger partial charge is 0.377 e. The number of carbonyl (C=O) groups excluding carboxylic acids is 1. The highest BCUT2D eigenvalue weighted by atomic mass is 16.5. The Balaban J connectivity index is 1.55. The van der Waals surface area contributed by atoms with E-state index >= 15 is 0 Å². The van der Waals surface area contributed by atoms with E-state index in [1.54, 1.807) is 0 Å². The number of amides is 2. The molecule has 0 saturated carbocycles. The van der Waals surface area contributed by atoms with Gasteiger partial charge < -0.3 is 24.8 Å². The highest BCUT2D eigenvalue weighted by molar-refractivity contribution is 5.74. The first-order valence-electron chi connectivity index (χ1n) is 8.64. The van der Waals surface area contributed by atoms with Crippen LogP contribution in [-0.4, -0.2) is 79.8 Å². The van der Waals surface area contributed by atoms with Crippen molar-refractivity contribution in [2.45, 2.75) is 19.5 Å². The second-order valence-corrected chi connectivity index (χ2v) is 6.59. The highest BCUT2D eigenvalue weighted by Crippen LogP contribution is 2.15. The van der Waals surface area contributed by atoms with E-state index in [0.29, 0.717) is 26.3 Å². The monoisotopic (exact) mass is 333 g/mol. The molecule has 2 fully saturated rings. The molecule has 2 aliphatic rings. The van der Waals surface area contributed by atoms with Crippen molar-refractivity contribution in [3.05, 3.63) is 23.9 Å².